The molecule has 1 atom stereocenters. The van der Waals surface area contributed by atoms with E-state index < -0.39 is 0 Å². The van der Waals surface area contributed by atoms with Crippen molar-refractivity contribution in [1.29, 1.82) is 0 Å². The normalized spacial score (nSPS) is 24.6. The Kier molecular flexibility index (Phi) is 2.03. The molecule has 1 aliphatic carbocycles. The predicted molar refractivity (Wildman–Crippen MR) is 68.0 cm³/mol. The lowest BCUT2D eigenvalue weighted by molar-refractivity contribution is 0.560. The van der Waals surface area contributed by atoms with Gasteiger partial charge in [0.05, 0.1) is 17.1 Å². The van der Waals surface area contributed by atoms with Crippen molar-refractivity contribution in [2.24, 2.45) is 0 Å². The molecule has 2 aliphatic rings. The molecule has 88 valence electrons. The van der Waals surface area contributed by atoms with E-state index in [1.54, 1.807) is 0 Å². The molecule has 17 heavy (non-hydrogen) atoms. The SMILES string of the molecule is c1ccc2c(c1)nc(C1CCCN1)n2C1CC1. The maximum atomic E-state index is 4.86. The molecule has 1 unspecified atom stereocenters. The Bertz CT molecular complexity index is 548. The van der Waals surface area contributed by atoms with Gasteiger partial charge in [0.25, 0.3) is 0 Å². The third-order valence-corrected chi connectivity index (χ3v) is 3.91. The van der Waals surface area contributed by atoms with E-state index in [4.69, 9.17) is 4.98 Å². The molecule has 1 aromatic heterocycles. The minimum atomic E-state index is 0.475. The van der Waals surface area contributed by atoms with Gasteiger partial charge in [0, 0.05) is 6.04 Å². The van der Waals surface area contributed by atoms with Crippen molar-refractivity contribution in [2.75, 3.05) is 6.54 Å². The topological polar surface area (TPSA) is 29.9 Å². The van der Waals surface area contributed by atoms with Gasteiger partial charge >= 0.3 is 0 Å². The lowest BCUT2D eigenvalue weighted by Gasteiger charge is -2.13. The van der Waals surface area contributed by atoms with Crippen LogP contribution in [-0.2, 0) is 0 Å². The van der Waals surface area contributed by atoms with E-state index in [0.717, 1.165) is 12.1 Å². The van der Waals surface area contributed by atoms with Crippen molar-refractivity contribution >= 4 is 11.0 Å². The molecule has 0 spiro atoms. The van der Waals surface area contributed by atoms with Crippen LogP contribution in [0.15, 0.2) is 24.3 Å². The van der Waals surface area contributed by atoms with Crippen LogP contribution in [0.5, 0.6) is 0 Å². The summed E-state index contributed by atoms with van der Waals surface area (Å²) in [6.07, 6.45) is 5.15. The number of benzene rings is 1. The van der Waals surface area contributed by atoms with Gasteiger partial charge in [-0.05, 0) is 44.4 Å². The zero-order valence-corrected chi connectivity index (χ0v) is 9.89. The van der Waals surface area contributed by atoms with Gasteiger partial charge in [-0.1, -0.05) is 12.1 Å². The largest absolute Gasteiger partial charge is 0.324 e. The smallest absolute Gasteiger partial charge is 0.127 e. The highest BCUT2D eigenvalue weighted by atomic mass is 15.2. The number of para-hydroxylation sites is 2. The molecule has 0 radical (unpaired) electrons. The maximum absolute atomic E-state index is 4.86. The number of imidazole rings is 1. The molecule has 1 aliphatic heterocycles. The summed E-state index contributed by atoms with van der Waals surface area (Å²) in [5.41, 5.74) is 2.47. The van der Waals surface area contributed by atoms with Crippen LogP contribution in [0.4, 0.5) is 0 Å². The Morgan fingerprint density at radius 1 is 1.18 bits per heavy atom. The molecule has 1 saturated heterocycles. The van der Waals surface area contributed by atoms with Gasteiger partial charge in [-0.15, -0.1) is 0 Å². The summed E-state index contributed by atoms with van der Waals surface area (Å²) in [6, 6.07) is 9.72. The second-order valence-corrected chi connectivity index (χ2v) is 5.21. The third-order valence-electron chi connectivity index (χ3n) is 3.91. The van der Waals surface area contributed by atoms with Gasteiger partial charge < -0.3 is 9.88 Å². The van der Waals surface area contributed by atoms with Gasteiger partial charge in [-0.3, -0.25) is 0 Å². The maximum Gasteiger partial charge on any atom is 0.127 e. The van der Waals surface area contributed by atoms with Crippen molar-refractivity contribution in [3.8, 4) is 0 Å². The highest BCUT2D eigenvalue weighted by Crippen LogP contribution is 2.40. The fourth-order valence-corrected chi connectivity index (χ4v) is 2.93. The minimum Gasteiger partial charge on any atom is -0.324 e. The van der Waals surface area contributed by atoms with Gasteiger partial charge in [-0.2, -0.15) is 0 Å². The molecular weight excluding hydrogens is 210 g/mol. The second-order valence-electron chi connectivity index (χ2n) is 5.21. The van der Waals surface area contributed by atoms with Gasteiger partial charge in [0.15, 0.2) is 0 Å². The number of nitrogens with zero attached hydrogens (tertiary/aromatic N) is 2. The molecule has 1 aromatic carbocycles. The number of aromatic nitrogens is 2. The second kappa shape index (κ2) is 3.57. The lowest BCUT2D eigenvalue weighted by Crippen LogP contribution is -2.17. The first-order valence-electron chi connectivity index (χ1n) is 6.64. The summed E-state index contributed by atoms with van der Waals surface area (Å²) < 4.78 is 2.48. The Morgan fingerprint density at radius 2 is 2.06 bits per heavy atom. The van der Waals surface area contributed by atoms with Crippen LogP contribution in [-0.4, -0.2) is 16.1 Å². The van der Waals surface area contributed by atoms with Crippen LogP contribution in [0, 0.1) is 0 Å². The third kappa shape index (κ3) is 1.49. The fraction of sp³-hybridized carbons (Fsp3) is 0.500. The first-order valence-corrected chi connectivity index (χ1v) is 6.64. The Labute approximate surface area is 101 Å². The molecule has 2 heterocycles. The Morgan fingerprint density at radius 3 is 2.82 bits per heavy atom. The fourth-order valence-electron chi connectivity index (χ4n) is 2.93. The zero-order valence-electron chi connectivity index (χ0n) is 9.89. The summed E-state index contributed by atoms with van der Waals surface area (Å²) in [5.74, 6) is 1.27. The molecule has 2 fully saturated rings. The quantitative estimate of drug-likeness (QED) is 0.855. The first-order chi connectivity index (χ1) is 8.43. The number of hydrogen-bond acceptors (Lipinski definition) is 2. The molecule has 2 aromatic rings. The van der Waals surface area contributed by atoms with Crippen molar-refractivity contribution in [3.63, 3.8) is 0 Å². The van der Waals surface area contributed by atoms with Crippen LogP contribution >= 0.6 is 0 Å². The van der Waals surface area contributed by atoms with Crippen LogP contribution in [0.3, 0.4) is 0 Å². The van der Waals surface area contributed by atoms with E-state index in [9.17, 15) is 0 Å². The van der Waals surface area contributed by atoms with Crippen molar-refractivity contribution in [3.05, 3.63) is 30.1 Å². The summed E-state index contributed by atoms with van der Waals surface area (Å²) in [5, 5.41) is 3.57. The summed E-state index contributed by atoms with van der Waals surface area (Å²) in [7, 11) is 0. The van der Waals surface area contributed by atoms with Crippen molar-refractivity contribution in [2.45, 2.75) is 37.8 Å². The van der Waals surface area contributed by atoms with E-state index in [0.29, 0.717) is 12.1 Å². The van der Waals surface area contributed by atoms with Gasteiger partial charge in [0.2, 0.25) is 0 Å². The molecule has 1 N–H and O–H groups in total. The molecule has 0 bridgehead atoms. The lowest BCUT2D eigenvalue weighted by atomic mass is 10.2. The monoisotopic (exact) mass is 227 g/mol. The average Bonchev–Trinajstić information content (AvgIpc) is 2.94. The zero-order chi connectivity index (χ0) is 11.2. The predicted octanol–water partition coefficient (Wildman–Crippen LogP) is 2.80. The van der Waals surface area contributed by atoms with E-state index in [-0.39, 0.29) is 0 Å². The summed E-state index contributed by atoms with van der Waals surface area (Å²) in [4.78, 5) is 4.86. The van der Waals surface area contributed by atoms with Crippen LogP contribution < -0.4 is 5.32 Å². The number of rotatable bonds is 2. The van der Waals surface area contributed by atoms with Crippen LogP contribution in [0.1, 0.15) is 43.6 Å². The molecule has 0 amide bonds. The van der Waals surface area contributed by atoms with Crippen molar-refractivity contribution < 1.29 is 0 Å². The summed E-state index contributed by atoms with van der Waals surface area (Å²) in [6.45, 7) is 1.14. The van der Waals surface area contributed by atoms with Crippen molar-refractivity contribution in [1.82, 2.24) is 14.9 Å². The van der Waals surface area contributed by atoms with E-state index >= 15 is 0 Å². The Balaban J connectivity index is 1.91. The van der Waals surface area contributed by atoms with Gasteiger partial charge in [-0.25, -0.2) is 4.98 Å². The molecule has 1 saturated carbocycles. The number of hydrogen-bond donors (Lipinski definition) is 1. The number of fused-ring (bicyclic) bond motifs is 1. The average molecular weight is 227 g/mol. The van der Waals surface area contributed by atoms with Crippen LogP contribution in [0.2, 0.25) is 0 Å². The first kappa shape index (κ1) is 9.66. The highest BCUT2D eigenvalue weighted by molar-refractivity contribution is 5.76. The number of nitrogens with one attached hydrogen (secondary N) is 1. The minimum absolute atomic E-state index is 0.475. The molecule has 4 rings (SSSR count). The molecule has 3 heteroatoms. The van der Waals surface area contributed by atoms with E-state index in [1.807, 2.05) is 0 Å². The van der Waals surface area contributed by atoms with E-state index in [2.05, 4.69) is 34.1 Å². The standard InChI is InChI=1S/C14H17N3/c1-2-6-13-11(4-1)16-14(12-5-3-9-15-12)17(13)10-7-8-10/h1-2,4,6,10,12,15H,3,5,7-9H2. The summed E-state index contributed by atoms with van der Waals surface area (Å²) >= 11 is 0. The van der Waals surface area contributed by atoms with Crippen LogP contribution in [0.25, 0.3) is 11.0 Å². The Hall–Kier alpha value is -1.35. The molecular formula is C14H17N3. The van der Waals surface area contributed by atoms with Gasteiger partial charge in [0.1, 0.15) is 5.82 Å². The molecule has 3 nitrogen and oxygen atoms in total. The van der Waals surface area contributed by atoms with E-state index in [1.165, 1.54) is 37.0 Å². The highest BCUT2D eigenvalue weighted by Gasteiger charge is 2.31.